The third kappa shape index (κ3) is 3.05. The molecule has 0 atom stereocenters. The summed E-state index contributed by atoms with van der Waals surface area (Å²) in [6.07, 6.45) is 0.919. The van der Waals surface area contributed by atoms with E-state index < -0.39 is 5.97 Å². The van der Waals surface area contributed by atoms with E-state index in [9.17, 15) is 4.79 Å². The van der Waals surface area contributed by atoms with Gasteiger partial charge in [-0.25, -0.2) is 9.78 Å². The molecule has 1 aromatic carbocycles. The highest BCUT2D eigenvalue weighted by Crippen LogP contribution is 2.21. The largest absolute Gasteiger partial charge is 0.478 e. The second kappa shape index (κ2) is 6.34. The van der Waals surface area contributed by atoms with Gasteiger partial charge in [-0.1, -0.05) is 6.07 Å². The van der Waals surface area contributed by atoms with Gasteiger partial charge in [-0.05, 0) is 30.7 Å². The Morgan fingerprint density at radius 1 is 1.35 bits per heavy atom. The maximum Gasteiger partial charge on any atom is 0.336 e. The molecule has 5 heteroatoms. The van der Waals surface area contributed by atoms with E-state index in [0.717, 1.165) is 18.8 Å². The molecule has 0 bridgehead atoms. The normalized spacial score (nSPS) is 10.7. The van der Waals surface area contributed by atoms with Gasteiger partial charge in [-0.3, -0.25) is 0 Å². The molecule has 0 saturated carbocycles. The highest BCUT2D eigenvalue weighted by molar-refractivity contribution is 6.02. The Balaban J connectivity index is 2.28. The number of rotatable bonds is 6. The standard InChI is InChI=1S/C15H18N2O3/c1-17(9-4-10-20-2)14-8-7-11-12(15(18)19)5-3-6-13(11)16-14/h3,5-8H,4,9-10H2,1-2H3,(H,18,19). The molecule has 2 aromatic rings. The fourth-order valence-corrected chi connectivity index (χ4v) is 2.10. The molecule has 1 heterocycles. The second-order valence-corrected chi connectivity index (χ2v) is 4.61. The Bertz CT molecular complexity index is 613. The van der Waals surface area contributed by atoms with Crippen LogP contribution in [0.4, 0.5) is 5.82 Å². The average Bonchev–Trinajstić information content (AvgIpc) is 2.46. The zero-order chi connectivity index (χ0) is 14.5. The number of anilines is 1. The zero-order valence-electron chi connectivity index (χ0n) is 11.7. The molecule has 0 radical (unpaired) electrons. The van der Waals surface area contributed by atoms with Crippen LogP contribution >= 0.6 is 0 Å². The minimum atomic E-state index is -0.932. The molecule has 106 valence electrons. The van der Waals surface area contributed by atoms with Crippen LogP contribution in [0.25, 0.3) is 10.9 Å². The lowest BCUT2D eigenvalue weighted by atomic mass is 10.1. The van der Waals surface area contributed by atoms with Gasteiger partial charge in [0.15, 0.2) is 0 Å². The van der Waals surface area contributed by atoms with Crippen LogP contribution in [0.2, 0.25) is 0 Å². The first-order chi connectivity index (χ1) is 9.63. The number of aromatic carboxylic acids is 1. The van der Waals surface area contributed by atoms with Crippen LogP contribution in [-0.4, -0.2) is 43.4 Å². The summed E-state index contributed by atoms with van der Waals surface area (Å²) >= 11 is 0. The van der Waals surface area contributed by atoms with Crippen molar-refractivity contribution in [1.82, 2.24) is 4.98 Å². The number of carboxylic acids is 1. The lowest BCUT2D eigenvalue weighted by Gasteiger charge is -2.18. The predicted molar refractivity (Wildman–Crippen MR) is 78.5 cm³/mol. The van der Waals surface area contributed by atoms with Gasteiger partial charge < -0.3 is 14.7 Å². The second-order valence-electron chi connectivity index (χ2n) is 4.61. The first-order valence-electron chi connectivity index (χ1n) is 6.46. The van der Waals surface area contributed by atoms with Gasteiger partial charge in [0.1, 0.15) is 5.82 Å². The van der Waals surface area contributed by atoms with Crippen molar-refractivity contribution >= 4 is 22.7 Å². The molecular formula is C15H18N2O3. The summed E-state index contributed by atoms with van der Waals surface area (Å²) in [5.41, 5.74) is 0.976. The Labute approximate surface area is 117 Å². The summed E-state index contributed by atoms with van der Waals surface area (Å²) in [6, 6.07) is 8.80. The molecule has 0 amide bonds. The summed E-state index contributed by atoms with van der Waals surface area (Å²) < 4.78 is 5.03. The van der Waals surface area contributed by atoms with E-state index in [2.05, 4.69) is 4.98 Å². The molecular weight excluding hydrogens is 256 g/mol. The number of ether oxygens (including phenoxy) is 1. The van der Waals surface area contributed by atoms with Gasteiger partial charge >= 0.3 is 5.97 Å². The van der Waals surface area contributed by atoms with E-state index in [1.54, 1.807) is 19.2 Å². The number of aromatic nitrogens is 1. The van der Waals surface area contributed by atoms with E-state index in [0.29, 0.717) is 17.5 Å². The van der Waals surface area contributed by atoms with Gasteiger partial charge in [-0.15, -0.1) is 0 Å². The number of carboxylic acid groups (broad SMARTS) is 1. The number of nitrogens with zero attached hydrogens (tertiary/aromatic N) is 2. The molecule has 5 nitrogen and oxygen atoms in total. The van der Waals surface area contributed by atoms with Gasteiger partial charge in [0.05, 0.1) is 11.1 Å². The molecule has 0 aliphatic carbocycles. The topological polar surface area (TPSA) is 62.7 Å². The summed E-state index contributed by atoms with van der Waals surface area (Å²) in [7, 11) is 3.65. The summed E-state index contributed by atoms with van der Waals surface area (Å²) in [5, 5.41) is 9.81. The fraction of sp³-hybridized carbons (Fsp3) is 0.333. The van der Waals surface area contributed by atoms with Crippen LogP contribution in [0.15, 0.2) is 30.3 Å². The number of benzene rings is 1. The summed E-state index contributed by atoms with van der Waals surface area (Å²) in [4.78, 5) is 17.7. The van der Waals surface area contributed by atoms with Crippen molar-refractivity contribution in [2.24, 2.45) is 0 Å². The van der Waals surface area contributed by atoms with Crippen molar-refractivity contribution in [2.45, 2.75) is 6.42 Å². The maximum absolute atomic E-state index is 11.2. The Hall–Kier alpha value is -2.14. The van der Waals surface area contributed by atoms with Crippen molar-refractivity contribution in [2.75, 3.05) is 32.2 Å². The summed E-state index contributed by atoms with van der Waals surface area (Å²) in [6.45, 7) is 1.55. The van der Waals surface area contributed by atoms with Crippen LogP contribution in [0.5, 0.6) is 0 Å². The van der Waals surface area contributed by atoms with Crippen molar-refractivity contribution in [3.8, 4) is 0 Å². The van der Waals surface area contributed by atoms with E-state index in [-0.39, 0.29) is 5.56 Å². The first-order valence-corrected chi connectivity index (χ1v) is 6.46. The number of pyridine rings is 1. The smallest absolute Gasteiger partial charge is 0.336 e. The van der Waals surface area contributed by atoms with E-state index in [1.165, 1.54) is 0 Å². The molecule has 1 N–H and O–H groups in total. The van der Waals surface area contributed by atoms with Gasteiger partial charge in [0.25, 0.3) is 0 Å². The number of methoxy groups -OCH3 is 1. The molecule has 1 aromatic heterocycles. The highest BCUT2D eigenvalue weighted by Gasteiger charge is 2.10. The number of hydrogen-bond acceptors (Lipinski definition) is 4. The van der Waals surface area contributed by atoms with Crippen LogP contribution in [-0.2, 0) is 4.74 Å². The lowest BCUT2D eigenvalue weighted by molar-refractivity contribution is 0.0699. The van der Waals surface area contributed by atoms with Crippen LogP contribution in [0.3, 0.4) is 0 Å². The quantitative estimate of drug-likeness (QED) is 0.820. The molecule has 20 heavy (non-hydrogen) atoms. The third-order valence-corrected chi connectivity index (χ3v) is 3.18. The zero-order valence-corrected chi connectivity index (χ0v) is 11.7. The van der Waals surface area contributed by atoms with E-state index in [4.69, 9.17) is 9.84 Å². The van der Waals surface area contributed by atoms with Crippen LogP contribution in [0.1, 0.15) is 16.8 Å². The molecule has 0 spiro atoms. The molecule has 0 aliphatic heterocycles. The Morgan fingerprint density at radius 3 is 2.85 bits per heavy atom. The number of fused-ring (bicyclic) bond motifs is 1. The monoisotopic (exact) mass is 274 g/mol. The van der Waals surface area contributed by atoms with Crippen molar-refractivity contribution in [1.29, 1.82) is 0 Å². The predicted octanol–water partition coefficient (Wildman–Crippen LogP) is 2.41. The summed E-state index contributed by atoms with van der Waals surface area (Å²) in [5.74, 6) is -0.102. The average molecular weight is 274 g/mol. The highest BCUT2D eigenvalue weighted by atomic mass is 16.5. The van der Waals surface area contributed by atoms with Gasteiger partial charge in [0, 0.05) is 32.7 Å². The molecule has 0 unspecified atom stereocenters. The van der Waals surface area contributed by atoms with E-state index in [1.807, 2.05) is 30.1 Å². The van der Waals surface area contributed by atoms with E-state index >= 15 is 0 Å². The van der Waals surface area contributed by atoms with Crippen molar-refractivity contribution < 1.29 is 14.6 Å². The van der Waals surface area contributed by atoms with Crippen molar-refractivity contribution in [3.63, 3.8) is 0 Å². The number of hydrogen-bond donors (Lipinski definition) is 1. The van der Waals surface area contributed by atoms with Gasteiger partial charge in [0.2, 0.25) is 0 Å². The molecule has 0 saturated heterocycles. The van der Waals surface area contributed by atoms with Crippen LogP contribution < -0.4 is 4.90 Å². The molecule has 0 aliphatic rings. The Morgan fingerprint density at radius 2 is 2.15 bits per heavy atom. The first kappa shape index (κ1) is 14.3. The SMILES string of the molecule is COCCCN(C)c1ccc2c(C(=O)O)cccc2n1. The van der Waals surface area contributed by atoms with Crippen LogP contribution in [0, 0.1) is 0 Å². The maximum atomic E-state index is 11.2. The number of carbonyl (C=O) groups is 1. The minimum Gasteiger partial charge on any atom is -0.478 e. The fourth-order valence-electron chi connectivity index (χ4n) is 2.10. The molecule has 0 fully saturated rings. The van der Waals surface area contributed by atoms with Gasteiger partial charge in [-0.2, -0.15) is 0 Å². The third-order valence-electron chi connectivity index (χ3n) is 3.18. The molecule has 2 rings (SSSR count). The minimum absolute atomic E-state index is 0.281. The lowest BCUT2D eigenvalue weighted by Crippen LogP contribution is -2.20. The van der Waals surface area contributed by atoms with Crippen molar-refractivity contribution in [3.05, 3.63) is 35.9 Å². The Kier molecular flexibility index (Phi) is 4.53.